The number of ether oxygens (including phenoxy) is 1. The topological polar surface area (TPSA) is 29.5 Å². The fraction of sp³-hybridized carbons (Fsp3) is 0.533. The van der Waals surface area contributed by atoms with E-state index in [1.165, 1.54) is 12.8 Å². The maximum Gasteiger partial charge on any atom is 0.249 e. The maximum absolute atomic E-state index is 12.2. The summed E-state index contributed by atoms with van der Waals surface area (Å²) in [7, 11) is 0. The van der Waals surface area contributed by atoms with Crippen LogP contribution >= 0.6 is 11.6 Å². The Morgan fingerprint density at radius 2 is 1.84 bits per heavy atom. The zero-order valence-corrected chi connectivity index (χ0v) is 11.6. The molecule has 1 aromatic carbocycles. The van der Waals surface area contributed by atoms with Crippen LogP contribution in [0.1, 0.15) is 37.3 Å². The third-order valence-electron chi connectivity index (χ3n) is 4.10. The van der Waals surface area contributed by atoms with Crippen LogP contribution in [0.5, 0.6) is 0 Å². The molecular weight excluding hydrogens is 262 g/mol. The predicted molar refractivity (Wildman–Crippen MR) is 74.1 cm³/mol. The van der Waals surface area contributed by atoms with Crippen molar-refractivity contribution in [2.45, 2.75) is 37.8 Å². The largest absolute Gasteiger partial charge is 0.369 e. The summed E-state index contributed by atoms with van der Waals surface area (Å²) in [4.78, 5) is 14.3. The number of benzene rings is 1. The standard InChI is InChI=1S/C15H18ClNO2/c16-12-7-5-11(6-8-12)14-9-19-10-15(18)17(14)13-3-1-2-4-13/h5-8,13-14H,1-4,9-10H2. The molecule has 1 aliphatic carbocycles. The molecule has 0 spiro atoms. The molecule has 3 rings (SSSR count). The van der Waals surface area contributed by atoms with Crippen molar-refractivity contribution in [2.24, 2.45) is 0 Å². The lowest BCUT2D eigenvalue weighted by molar-refractivity contribution is -0.152. The average Bonchev–Trinajstić information content (AvgIpc) is 2.93. The number of carbonyl (C=O) groups is 1. The van der Waals surface area contributed by atoms with Gasteiger partial charge in [0.1, 0.15) is 6.61 Å². The monoisotopic (exact) mass is 279 g/mol. The Labute approximate surface area is 118 Å². The minimum atomic E-state index is 0.0432. The van der Waals surface area contributed by atoms with Gasteiger partial charge in [-0.15, -0.1) is 0 Å². The summed E-state index contributed by atoms with van der Waals surface area (Å²) in [5.41, 5.74) is 1.12. The van der Waals surface area contributed by atoms with Crippen LogP contribution in [-0.4, -0.2) is 30.1 Å². The van der Waals surface area contributed by atoms with E-state index in [0.717, 1.165) is 23.4 Å². The smallest absolute Gasteiger partial charge is 0.249 e. The third kappa shape index (κ3) is 2.63. The number of morpholine rings is 1. The maximum atomic E-state index is 12.2. The van der Waals surface area contributed by atoms with Gasteiger partial charge in [0.05, 0.1) is 12.6 Å². The van der Waals surface area contributed by atoms with E-state index >= 15 is 0 Å². The molecular formula is C15H18ClNO2. The second-order valence-electron chi connectivity index (χ2n) is 5.32. The van der Waals surface area contributed by atoms with Gasteiger partial charge in [0.25, 0.3) is 0 Å². The van der Waals surface area contributed by atoms with Gasteiger partial charge >= 0.3 is 0 Å². The summed E-state index contributed by atoms with van der Waals surface area (Å²) in [6, 6.07) is 8.18. The molecule has 19 heavy (non-hydrogen) atoms. The van der Waals surface area contributed by atoms with E-state index < -0.39 is 0 Å². The van der Waals surface area contributed by atoms with Crippen LogP contribution in [0.2, 0.25) is 5.02 Å². The minimum Gasteiger partial charge on any atom is -0.369 e. The van der Waals surface area contributed by atoms with E-state index in [-0.39, 0.29) is 18.6 Å². The molecule has 4 heteroatoms. The van der Waals surface area contributed by atoms with Crippen LogP contribution in [-0.2, 0) is 9.53 Å². The molecule has 2 aliphatic rings. The van der Waals surface area contributed by atoms with Gasteiger partial charge in [0, 0.05) is 11.1 Å². The van der Waals surface area contributed by atoms with Crippen LogP contribution in [0.3, 0.4) is 0 Å². The number of rotatable bonds is 2. The Bertz CT molecular complexity index is 454. The quantitative estimate of drug-likeness (QED) is 0.832. The fourth-order valence-corrected chi connectivity index (χ4v) is 3.29. The highest BCUT2D eigenvalue weighted by Crippen LogP contribution is 2.33. The van der Waals surface area contributed by atoms with Crippen LogP contribution in [0.4, 0.5) is 0 Å². The number of hydrogen-bond acceptors (Lipinski definition) is 2. The number of amides is 1. The number of carbonyl (C=O) groups excluding carboxylic acids is 1. The van der Waals surface area contributed by atoms with E-state index in [1.54, 1.807) is 0 Å². The summed E-state index contributed by atoms with van der Waals surface area (Å²) in [5, 5.41) is 0.722. The first kappa shape index (κ1) is 12.9. The third-order valence-corrected chi connectivity index (χ3v) is 4.35. The van der Waals surface area contributed by atoms with Crippen LogP contribution < -0.4 is 0 Å². The highest BCUT2D eigenvalue weighted by molar-refractivity contribution is 6.30. The van der Waals surface area contributed by atoms with Crippen molar-refractivity contribution >= 4 is 17.5 Å². The van der Waals surface area contributed by atoms with Crippen molar-refractivity contribution in [3.8, 4) is 0 Å². The lowest BCUT2D eigenvalue weighted by Gasteiger charge is -2.40. The molecule has 1 saturated carbocycles. The Kier molecular flexibility index (Phi) is 3.76. The molecule has 1 atom stereocenters. The fourth-order valence-electron chi connectivity index (χ4n) is 3.17. The normalized spacial score (nSPS) is 25.0. The first-order valence-electron chi connectivity index (χ1n) is 6.90. The summed E-state index contributed by atoms with van der Waals surface area (Å²) >= 11 is 5.93. The van der Waals surface area contributed by atoms with Gasteiger partial charge in [-0.25, -0.2) is 0 Å². The van der Waals surface area contributed by atoms with Crippen molar-refractivity contribution < 1.29 is 9.53 Å². The number of hydrogen-bond donors (Lipinski definition) is 0. The Morgan fingerprint density at radius 1 is 1.16 bits per heavy atom. The van der Waals surface area contributed by atoms with Crippen molar-refractivity contribution in [1.29, 1.82) is 0 Å². The number of nitrogens with zero attached hydrogens (tertiary/aromatic N) is 1. The van der Waals surface area contributed by atoms with Gasteiger partial charge in [-0.2, -0.15) is 0 Å². The lowest BCUT2D eigenvalue weighted by atomic mass is 10.0. The molecule has 0 aromatic heterocycles. The van der Waals surface area contributed by atoms with Crippen molar-refractivity contribution in [1.82, 2.24) is 4.90 Å². The predicted octanol–water partition coefficient (Wildman–Crippen LogP) is 3.18. The Hall–Kier alpha value is -1.06. The Morgan fingerprint density at radius 3 is 2.53 bits per heavy atom. The van der Waals surface area contributed by atoms with Crippen molar-refractivity contribution in [2.75, 3.05) is 13.2 Å². The molecule has 0 bridgehead atoms. The summed E-state index contributed by atoms with van der Waals surface area (Å²) in [5.74, 6) is 0.123. The molecule has 1 amide bonds. The molecule has 1 saturated heterocycles. The second-order valence-corrected chi connectivity index (χ2v) is 5.76. The van der Waals surface area contributed by atoms with Gasteiger partial charge in [0.15, 0.2) is 0 Å². The zero-order chi connectivity index (χ0) is 13.2. The van der Waals surface area contributed by atoms with Gasteiger partial charge in [-0.05, 0) is 30.5 Å². The molecule has 1 aromatic rings. The summed E-state index contributed by atoms with van der Waals surface area (Å²) in [6.45, 7) is 0.810. The van der Waals surface area contributed by atoms with Gasteiger partial charge in [-0.1, -0.05) is 36.6 Å². The van der Waals surface area contributed by atoms with E-state index in [4.69, 9.17) is 16.3 Å². The summed E-state index contributed by atoms with van der Waals surface area (Å²) in [6.07, 6.45) is 4.69. The van der Waals surface area contributed by atoms with Crippen LogP contribution in [0.25, 0.3) is 0 Å². The molecule has 1 heterocycles. The van der Waals surface area contributed by atoms with Gasteiger partial charge in [0.2, 0.25) is 5.91 Å². The lowest BCUT2D eigenvalue weighted by Crippen LogP contribution is -2.48. The van der Waals surface area contributed by atoms with Gasteiger partial charge in [-0.3, -0.25) is 4.79 Å². The SMILES string of the molecule is O=C1COCC(c2ccc(Cl)cc2)N1C1CCCC1. The van der Waals surface area contributed by atoms with Gasteiger partial charge < -0.3 is 9.64 Å². The van der Waals surface area contributed by atoms with E-state index in [9.17, 15) is 4.79 Å². The second kappa shape index (κ2) is 5.51. The van der Waals surface area contributed by atoms with E-state index in [0.29, 0.717) is 12.6 Å². The molecule has 0 radical (unpaired) electrons. The average molecular weight is 280 g/mol. The van der Waals surface area contributed by atoms with Crippen LogP contribution in [0.15, 0.2) is 24.3 Å². The molecule has 1 unspecified atom stereocenters. The molecule has 1 aliphatic heterocycles. The molecule has 0 N–H and O–H groups in total. The highest BCUT2D eigenvalue weighted by Gasteiger charge is 2.36. The Balaban J connectivity index is 1.87. The summed E-state index contributed by atoms with van der Waals surface area (Å²) < 4.78 is 5.44. The van der Waals surface area contributed by atoms with Crippen molar-refractivity contribution in [3.63, 3.8) is 0 Å². The minimum absolute atomic E-state index is 0.0432. The highest BCUT2D eigenvalue weighted by atomic mass is 35.5. The molecule has 3 nitrogen and oxygen atoms in total. The first-order valence-corrected chi connectivity index (χ1v) is 7.28. The number of halogens is 1. The van der Waals surface area contributed by atoms with E-state index in [2.05, 4.69) is 4.90 Å². The van der Waals surface area contributed by atoms with E-state index in [1.807, 2.05) is 24.3 Å². The first-order chi connectivity index (χ1) is 9.25. The van der Waals surface area contributed by atoms with Crippen LogP contribution in [0, 0.1) is 0 Å². The van der Waals surface area contributed by atoms with Crippen molar-refractivity contribution in [3.05, 3.63) is 34.9 Å². The molecule has 2 fully saturated rings. The molecule has 102 valence electrons. The zero-order valence-electron chi connectivity index (χ0n) is 10.8.